The molecule has 36 heavy (non-hydrogen) atoms. The smallest absolute Gasteiger partial charge is 0.173 e. The van der Waals surface area contributed by atoms with E-state index in [9.17, 15) is 5.11 Å². The minimum Gasteiger partial charge on any atom is -0.493 e. The predicted molar refractivity (Wildman–Crippen MR) is 129 cm³/mol. The Morgan fingerprint density at radius 1 is 1.08 bits per heavy atom. The van der Waals surface area contributed by atoms with E-state index in [0.29, 0.717) is 35.0 Å². The Kier molecular flexibility index (Phi) is 6.68. The highest BCUT2D eigenvalue weighted by Gasteiger charge is 2.46. The second-order valence-electron chi connectivity index (χ2n) is 8.33. The molecule has 5 rings (SSSR count). The molecule has 0 unspecified atom stereocenters. The maximum absolute atomic E-state index is 15.2. The summed E-state index contributed by atoms with van der Waals surface area (Å²) in [5, 5.41) is 10.5. The molecule has 0 spiro atoms. The minimum atomic E-state index is -1.73. The number of benzene rings is 2. The maximum Gasteiger partial charge on any atom is 0.173 e. The van der Waals surface area contributed by atoms with Crippen LogP contribution < -0.4 is 15.2 Å². The molecule has 0 aliphatic carbocycles. The molecule has 2 aromatic carbocycles. The summed E-state index contributed by atoms with van der Waals surface area (Å²) >= 11 is 0. The van der Waals surface area contributed by atoms with Crippen molar-refractivity contribution < 1.29 is 28.4 Å². The van der Waals surface area contributed by atoms with E-state index in [2.05, 4.69) is 15.0 Å². The van der Waals surface area contributed by atoms with Gasteiger partial charge in [0.25, 0.3) is 0 Å². The van der Waals surface area contributed by atoms with Gasteiger partial charge in [0, 0.05) is 5.56 Å². The number of ether oxygens (including phenoxy) is 4. The molecule has 1 saturated heterocycles. The molecule has 4 aromatic rings. The molecule has 3 heterocycles. The van der Waals surface area contributed by atoms with Gasteiger partial charge in [-0.15, -0.1) is 0 Å². The van der Waals surface area contributed by atoms with Crippen molar-refractivity contribution in [3.63, 3.8) is 0 Å². The summed E-state index contributed by atoms with van der Waals surface area (Å²) in [6, 6.07) is 14.8. The Balaban J connectivity index is 1.40. The number of anilines is 1. The average Bonchev–Trinajstić information content (AvgIpc) is 3.45. The fraction of sp³-hybridized carbons (Fsp3) is 0.320. The van der Waals surface area contributed by atoms with Gasteiger partial charge in [-0.1, -0.05) is 30.3 Å². The molecule has 1 aliphatic rings. The van der Waals surface area contributed by atoms with Crippen LogP contribution in [0.2, 0.25) is 0 Å². The molecule has 11 heteroatoms. The van der Waals surface area contributed by atoms with E-state index in [1.165, 1.54) is 18.0 Å². The first kappa shape index (κ1) is 23.9. The predicted octanol–water partition coefficient (Wildman–Crippen LogP) is 2.91. The monoisotopic (exact) mass is 495 g/mol. The van der Waals surface area contributed by atoms with Crippen LogP contribution in [0.1, 0.15) is 11.8 Å². The van der Waals surface area contributed by atoms with Crippen molar-refractivity contribution in [1.29, 1.82) is 0 Å². The Labute approximate surface area is 206 Å². The van der Waals surface area contributed by atoms with Gasteiger partial charge in [0.15, 0.2) is 41.2 Å². The molecule has 2 aromatic heterocycles. The number of alkyl halides is 1. The number of methoxy groups -OCH3 is 2. The molecule has 1 fully saturated rings. The molecule has 10 nitrogen and oxygen atoms in total. The number of halogens is 1. The highest BCUT2D eigenvalue weighted by Crippen LogP contribution is 2.36. The van der Waals surface area contributed by atoms with E-state index in [4.69, 9.17) is 24.7 Å². The van der Waals surface area contributed by atoms with E-state index in [1.54, 1.807) is 25.3 Å². The average molecular weight is 496 g/mol. The number of nitrogens with two attached hydrogens (primary N) is 1. The zero-order valence-electron chi connectivity index (χ0n) is 19.7. The molecular formula is C25H26FN5O5. The van der Waals surface area contributed by atoms with E-state index in [-0.39, 0.29) is 18.1 Å². The third kappa shape index (κ3) is 4.43. The van der Waals surface area contributed by atoms with Gasteiger partial charge in [0.05, 0.1) is 33.8 Å². The van der Waals surface area contributed by atoms with Crippen LogP contribution in [0.3, 0.4) is 0 Å². The Bertz CT molecular complexity index is 1350. The number of nitrogen functional groups attached to an aromatic ring is 1. The number of aliphatic hydroxyl groups excluding tert-OH is 1. The van der Waals surface area contributed by atoms with E-state index < -0.39 is 24.6 Å². The summed E-state index contributed by atoms with van der Waals surface area (Å²) in [4.78, 5) is 13.2. The topological polar surface area (TPSA) is 127 Å². The molecule has 0 bridgehead atoms. The van der Waals surface area contributed by atoms with Crippen molar-refractivity contribution in [3.8, 4) is 22.9 Å². The first-order chi connectivity index (χ1) is 17.5. The number of hydrogen-bond acceptors (Lipinski definition) is 9. The first-order valence-corrected chi connectivity index (χ1v) is 11.3. The van der Waals surface area contributed by atoms with Crippen molar-refractivity contribution in [1.82, 2.24) is 19.5 Å². The van der Waals surface area contributed by atoms with Crippen LogP contribution >= 0.6 is 0 Å². The van der Waals surface area contributed by atoms with E-state index in [0.717, 1.165) is 5.56 Å². The lowest BCUT2D eigenvalue weighted by molar-refractivity contribution is -0.0660. The van der Waals surface area contributed by atoms with Gasteiger partial charge in [0.1, 0.15) is 17.7 Å². The number of nitrogens with zero attached hydrogens (tertiary/aromatic N) is 4. The van der Waals surface area contributed by atoms with Gasteiger partial charge in [-0.05, 0) is 23.8 Å². The highest BCUT2D eigenvalue weighted by atomic mass is 19.1. The zero-order valence-corrected chi connectivity index (χ0v) is 19.7. The number of aliphatic hydroxyl groups is 1. The van der Waals surface area contributed by atoms with Crippen LogP contribution in [-0.2, 0) is 16.1 Å². The van der Waals surface area contributed by atoms with Crippen molar-refractivity contribution in [2.75, 3.05) is 26.6 Å². The Morgan fingerprint density at radius 2 is 1.86 bits per heavy atom. The minimum absolute atomic E-state index is 0.0215. The maximum atomic E-state index is 15.2. The highest BCUT2D eigenvalue weighted by molar-refractivity contribution is 5.84. The third-order valence-electron chi connectivity index (χ3n) is 6.05. The van der Waals surface area contributed by atoms with Crippen LogP contribution in [-0.4, -0.2) is 63.8 Å². The molecular weight excluding hydrogens is 469 g/mol. The Hall–Kier alpha value is -3.80. The van der Waals surface area contributed by atoms with Gasteiger partial charge in [-0.3, -0.25) is 4.57 Å². The lowest BCUT2D eigenvalue weighted by Crippen LogP contribution is -2.31. The third-order valence-corrected chi connectivity index (χ3v) is 6.05. The summed E-state index contributed by atoms with van der Waals surface area (Å²) in [7, 11) is 3.07. The fourth-order valence-electron chi connectivity index (χ4n) is 4.16. The SMILES string of the molecule is COc1ccc(-c2nc(N)c3ncn([C@@H]4O[C@H](COCc5ccccc5)[C@@H](O)[C@@H]4F)c3n2)cc1OC. The summed E-state index contributed by atoms with van der Waals surface area (Å²) < 4.78 is 38.8. The van der Waals surface area contributed by atoms with Crippen molar-refractivity contribution in [3.05, 3.63) is 60.4 Å². The van der Waals surface area contributed by atoms with E-state index >= 15 is 4.39 Å². The number of aromatic nitrogens is 4. The molecule has 0 radical (unpaired) electrons. The number of rotatable bonds is 8. The van der Waals surface area contributed by atoms with Gasteiger partial charge < -0.3 is 29.8 Å². The summed E-state index contributed by atoms with van der Waals surface area (Å²) in [5.41, 5.74) is 8.31. The van der Waals surface area contributed by atoms with Crippen molar-refractivity contribution >= 4 is 17.0 Å². The second kappa shape index (κ2) is 10.1. The number of hydrogen-bond donors (Lipinski definition) is 2. The van der Waals surface area contributed by atoms with Crippen LogP contribution in [0.4, 0.5) is 10.2 Å². The first-order valence-electron chi connectivity index (χ1n) is 11.3. The molecule has 0 amide bonds. The zero-order chi connectivity index (χ0) is 25.2. The van der Waals surface area contributed by atoms with Crippen molar-refractivity contribution in [2.45, 2.75) is 31.2 Å². The molecule has 3 N–H and O–H groups in total. The lowest BCUT2D eigenvalue weighted by Gasteiger charge is -2.16. The molecule has 188 valence electrons. The quantitative estimate of drug-likeness (QED) is 0.379. The second-order valence-corrected chi connectivity index (χ2v) is 8.33. The van der Waals surface area contributed by atoms with Crippen molar-refractivity contribution in [2.24, 2.45) is 0 Å². The van der Waals surface area contributed by atoms with Gasteiger partial charge in [0.2, 0.25) is 0 Å². The van der Waals surface area contributed by atoms with Gasteiger partial charge in [-0.2, -0.15) is 0 Å². The summed E-state index contributed by atoms with van der Waals surface area (Å²) in [5.74, 6) is 1.46. The van der Waals surface area contributed by atoms with Crippen LogP contribution in [0, 0.1) is 0 Å². The number of fused-ring (bicyclic) bond motifs is 1. The largest absolute Gasteiger partial charge is 0.493 e. The number of imidazole rings is 1. The van der Waals surface area contributed by atoms with E-state index in [1.807, 2.05) is 30.3 Å². The van der Waals surface area contributed by atoms with Crippen LogP contribution in [0.25, 0.3) is 22.6 Å². The lowest BCUT2D eigenvalue weighted by atomic mass is 10.1. The summed E-state index contributed by atoms with van der Waals surface area (Å²) in [6.45, 7) is 0.342. The van der Waals surface area contributed by atoms with Crippen LogP contribution in [0.15, 0.2) is 54.9 Å². The Morgan fingerprint density at radius 3 is 2.61 bits per heavy atom. The fourth-order valence-corrected chi connectivity index (χ4v) is 4.16. The molecule has 4 atom stereocenters. The standard InChI is InChI=1S/C25H26FN5O5/c1-33-16-9-8-15(10-17(16)34-2)23-29-22(27)20-24(30-23)31(13-28-20)25-19(26)21(32)18(36-25)12-35-11-14-6-4-3-5-7-14/h3-10,13,18-19,21,25,32H,11-12H2,1-2H3,(H2,27,29,30)/t18-,19+,21-,25-/m1/s1. The van der Waals surface area contributed by atoms with Crippen LogP contribution in [0.5, 0.6) is 11.5 Å². The van der Waals surface area contributed by atoms with Gasteiger partial charge >= 0.3 is 0 Å². The molecule has 0 saturated carbocycles. The molecule has 1 aliphatic heterocycles. The van der Waals surface area contributed by atoms with Gasteiger partial charge in [-0.25, -0.2) is 19.3 Å². The summed E-state index contributed by atoms with van der Waals surface area (Å²) in [6.07, 6.45) is -3.76. The normalized spacial score (nSPS) is 21.7.